The van der Waals surface area contributed by atoms with Gasteiger partial charge in [-0.1, -0.05) is 26.0 Å². The first-order valence-corrected chi connectivity index (χ1v) is 7.39. The molecule has 0 fully saturated rings. The standard InChI is InChI=1S/C15H30O6/c1-6-15(5,14(16)17-7-2)12-21-19-10-8-9-18-20-11-13(3)4/h14,16H,3,6-12H2,1-2,4-5H3. The number of hydrogen-bond acceptors (Lipinski definition) is 6. The molecule has 0 heterocycles. The van der Waals surface area contributed by atoms with E-state index in [4.69, 9.17) is 24.3 Å². The molecule has 0 radical (unpaired) electrons. The Morgan fingerprint density at radius 1 is 1.14 bits per heavy atom. The summed E-state index contributed by atoms with van der Waals surface area (Å²) in [7, 11) is 0. The molecule has 1 N–H and O–H groups in total. The van der Waals surface area contributed by atoms with Crippen molar-refractivity contribution in [3.63, 3.8) is 0 Å². The third-order valence-corrected chi connectivity index (χ3v) is 3.04. The van der Waals surface area contributed by atoms with Crippen LogP contribution in [0.25, 0.3) is 0 Å². The molecule has 0 amide bonds. The maximum absolute atomic E-state index is 9.91. The Morgan fingerprint density at radius 2 is 1.76 bits per heavy atom. The topological polar surface area (TPSA) is 66.4 Å². The average Bonchev–Trinajstić information content (AvgIpc) is 2.45. The fourth-order valence-electron chi connectivity index (χ4n) is 1.32. The number of aliphatic hydroxyl groups excluding tert-OH is 1. The molecule has 0 saturated carbocycles. The van der Waals surface area contributed by atoms with E-state index in [-0.39, 0.29) is 6.61 Å². The van der Waals surface area contributed by atoms with Gasteiger partial charge < -0.3 is 9.84 Å². The molecule has 2 atom stereocenters. The highest BCUT2D eigenvalue weighted by atomic mass is 17.2. The van der Waals surface area contributed by atoms with Gasteiger partial charge in [-0.05, 0) is 20.3 Å². The molecular weight excluding hydrogens is 276 g/mol. The Labute approximate surface area is 127 Å². The molecule has 0 aliphatic rings. The lowest BCUT2D eigenvalue weighted by molar-refractivity contribution is -0.333. The van der Waals surface area contributed by atoms with Crippen LogP contribution in [0.1, 0.15) is 40.5 Å². The Morgan fingerprint density at radius 3 is 2.29 bits per heavy atom. The lowest BCUT2D eigenvalue weighted by Crippen LogP contribution is -2.38. The van der Waals surface area contributed by atoms with Crippen LogP contribution >= 0.6 is 0 Å². The van der Waals surface area contributed by atoms with Gasteiger partial charge in [-0.2, -0.15) is 0 Å². The predicted molar refractivity (Wildman–Crippen MR) is 79.3 cm³/mol. The van der Waals surface area contributed by atoms with E-state index in [0.717, 1.165) is 12.0 Å². The summed E-state index contributed by atoms with van der Waals surface area (Å²) in [5.74, 6) is 0. The zero-order chi connectivity index (χ0) is 16.1. The minimum Gasteiger partial charge on any atom is -0.367 e. The predicted octanol–water partition coefficient (Wildman–Crippen LogP) is 2.62. The van der Waals surface area contributed by atoms with Gasteiger partial charge in [0, 0.05) is 18.4 Å². The van der Waals surface area contributed by atoms with E-state index in [0.29, 0.717) is 32.8 Å². The largest absolute Gasteiger partial charge is 0.367 e. The monoisotopic (exact) mass is 306 g/mol. The highest BCUT2D eigenvalue weighted by Gasteiger charge is 2.32. The summed E-state index contributed by atoms with van der Waals surface area (Å²) in [6.07, 6.45) is 0.498. The summed E-state index contributed by atoms with van der Waals surface area (Å²) in [6.45, 7) is 13.2. The molecule has 21 heavy (non-hydrogen) atoms. The zero-order valence-electron chi connectivity index (χ0n) is 13.7. The first kappa shape index (κ1) is 20.5. The van der Waals surface area contributed by atoms with Crippen molar-refractivity contribution in [1.82, 2.24) is 0 Å². The summed E-state index contributed by atoms with van der Waals surface area (Å²) in [5, 5.41) is 9.91. The maximum atomic E-state index is 9.91. The second kappa shape index (κ2) is 12.1. The first-order chi connectivity index (χ1) is 9.96. The van der Waals surface area contributed by atoms with Crippen molar-refractivity contribution < 1.29 is 29.4 Å². The Balaban J connectivity index is 3.61. The fraction of sp³-hybridized carbons (Fsp3) is 0.867. The van der Waals surface area contributed by atoms with Crippen molar-refractivity contribution in [2.45, 2.75) is 46.8 Å². The quantitative estimate of drug-likeness (QED) is 0.175. The van der Waals surface area contributed by atoms with Crippen LogP contribution in [-0.2, 0) is 24.3 Å². The van der Waals surface area contributed by atoms with Crippen LogP contribution in [0.5, 0.6) is 0 Å². The van der Waals surface area contributed by atoms with Crippen molar-refractivity contribution in [1.29, 1.82) is 0 Å². The number of aliphatic hydroxyl groups is 1. The van der Waals surface area contributed by atoms with E-state index in [9.17, 15) is 5.11 Å². The molecule has 0 aromatic heterocycles. The normalized spacial score (nSPS) is 15.7. The van der Waals surface area contributed by atoms with Gasteiger partial charge in [0.25, 0.3) is 0 Å². The number of ether oxygens (including phenoxy) is 1. The SMILES string of the molecule is C=C(C)COOCCCOOCC(C)(CC)C(O)OCC. The van der Waals surface area contributed by atoms with Crippen LogP contribution in [0, 0.1) is 5.41 Å². The number of rotatable bonds is 14. The molecule has 126 valence electrons. The summed E-state index contributed by atoms with van der Waals surface area (Å²) in [4.78, 5) is 20.0. The molecule has 0 spiro atoms. The Bertz CT molecular complexity index is 271. The Hall–Kier alpha value is -0.500. The molecule has 0 aliphatic heterocycles. The van der Waals surface area contributed by atoms with Gasteiger partial charge in [0.15, 0.2) is 6.29 Å². The highest BCUT2D eigenvalue weighted by Crippen LogP contribution is 2.27. The van der Waals surface area contributed by atoms with Gasteiger partial charge in [0.2, 0.25) is 0 Å². The third-order valence-electron chi connectivity index (χ3n) is 3.04. The summed E-state index contributed by atoms with van der Waals surface area (Å²) in [5.41, 5.74) is 0.415. The highest BCUT2D eigenvalue weighted by molar-refractivity contribution is 4.86. The van der Waals surface area contributed by atoms with Crippen LogP contribution in [0.15, 0.2) is 12.2 Å². The van der Waals surface area contributed by atoms with Gasteiger partial charge >= 0.3 is 0 Å². The summed E-state index contributed by atoms with van der Waals surface area (Å²) >= 11 is 0. The molecule has 0 aliphatic carbocycles. The molecule has 0 aromatic carbocycles. The van der Waals surface area contributed by atoms with Gasteiger partial charge in [-0.15, -0.1) is 0 Å². The van der Waals surface area contributed by atoms with Crippen LogP contribution in [0.4, 0.5) is 0 Å². The minimum absolute atomic E-state index is 0.262. The first-order valence-electron chi connectivity index (χ1n) is 7.39. The zero-order valence-corrected chi connectivity index (χ0v) is 13.7. The van der Waals surface area contributed by atoms with E-state index in [2.05, 4.69) is 6.58 Å². The van der Waals surface area contributed by atoms with E-state index in [1.54, 1.807) is 0 Å². The van der Waals surface area contributed by atoms with E-state index in [1.807, 2.05) is 27.7 Å². The van der Waals surface area contributed by atoms with Crippen molar-refractivity contribution in [3.05, 3.63) is 12.2 Å². The van der Waals surface area contributed by atoms with Crippen molar-refractivity contribution in [3.8, 4) is 0 Å². The minimum atomic E-state index is -0.866. The molecule has 0 saturated heterocycles. The Kier molecular flexibility index (Phi) is 11.8. The second-order valence-corrected chi connectivity index (χ2v) is 5.29. The maximum Gasteiger partial charge on any atom is 0.162 e. The van der Waals surface area contributed by atoms with E-state index < -0.39 is 11.7 Å². The molecule has 0 bridgehead atoms. The molecular formula is C15H30O6. The van der Waals surface area contributed by atoms with E-state index in [1.165, 1.54) is 0 Å². The van der Waals surface area contributed by atoms with Gasteiger partial charge in [-0.3, -0.25) is 0 Å². The molecule has 0 rings (SSSR count). The summed E-state index contributed by atoms with van der Waals surface area (Å²) in [6, 6.07) is 0. The van der Waals surface area contributed by atoms with Crippen molar-refractivity contribution >= 4 is 0 Å². The van der Waals surface area contributed by atoms with Crippen molar-refractivity contribution in [2.75, 3.05) is 33.0 Å². The second-order valence-electron chi connectivity index (χ2n) is 5.29. The fourth-order valence-corrected chi connectivity index (χ4v) is 1.32. The average molecular weight is 306 g/mol. The van der Waals surface area contributed by atoms with Crippen LogP contribution in [-0.4, -0.2) is 44.4 Å². The molecule has 2 unspecified atom stereocenters. The summed E-state index contributed by atoms with van der Waals surface area (Å²) < 4.78 is 5.22. The van der Waals surface area contributed by atoms with Crippen LogP contribution in [0.3, 0.4) is 0 Å². The van der Waals surface area contributed by atoms with E-state index >= 15 is 0 Å². The molecule has 0 aromatic rings. The van der Waals surface area contributed by atoms with Gasteiger partial charge in [0.05, 0.1) is 19.8 Å². The lowest BCUT2D eigenvalue weighted by Gasteiger charge is -2.31. The molecule has 6 heteroatoms. The van der Waals surface area contributed by atoms with Crippen LogP contribution < -0.4 is 0 Å². The van der Waals surface area contributed by atoms with Crippen LogP contribution in [0.2, 0.25) is 0 Å². The lowest BCUT2D eigenvalue weighted by atomic mass is 9.88. The number of hydrogen-bond donors (Lipinski definition) is 1. The molecule has 6 nitrogen and oxygen atoms in total. The van der Waals surface area contributed by atoms with Gasteiger partial charge in [-0.25, -0.2) is 19.6 Å². The van der Waals surface area contributed by atoms with Gasteiger partial charge in [0.1, 0.15) is 6.61 Å². The smallest absolute Gasteiger partial charge is 0.162 e. The van der Waals surface area contributed by atoms with Crippen molar-refractivity contribution in [2.24, 2.45) is 5.41 Å². The third kappa shape index (κ3) is 9.95.